The smallest absolute Gasteiger partial charge is 0.193 e. The van der Waals surface area contributed by atoms with Gasteiger partial charge in [-0.15, -0.1) is 0 Å². The molecule has 3 nitrogen and oxygen atoms in total. The van der Waals surface area contributed by atoms with E-state index < -0.39 is 19.0 Å². The number of benzene rings is 8. The summed E-state index contributed by atoms with van der Waals surface area (Å²) in [6.45, 7) is 0. The Morgan fingerprint density at radius 2 is 0.741 bits per heavy atom. The fourth-order valence-corrected chi connectivity index (χ4v) is 9.80. The van der Waals surface area contributed by atoms with Gasteiger partial charge in [0.2, 0.25) is 0 Å². The summed E-state index contributed by atoms with van der Waals surface area (Å²) in [5.74, 6) is 0. The molecule has 264 valence electrons. The zero-order chi connectivity index (χ0) is 36.7. The highest BCUT2D eigenvalue weighted by Gasteiger charge is 2.50. The molecule has 0 spiro atoms. The van der Waals surface area contributed by atoms with Crippen molar-refractivity contribution >= 4 is 29.5 Å². The lowest BCUT2D eigenvalue weighted by molar-refractivity contribution is 0.271. The van der Waals surface area contributed by atoms with Crippen molar-refractivity contribution in [2.75, 3.05) is 0 Å². The van der Waals surface area contributed by atoms with E-state index in [4.69, 9.17) is 0 Å². The quantitative estimate of drug-likeness (QED) is 0.144. The Morgan fingerprint density at radius 3 is 1.11 bits per heavy atom. The number of fused-ring (bicyclic) bond motifs is 2. The maximum absolute atomic E-state index is 10.6. The lowest BCUT2D eigenvalue weighted by Crippen LogP contribution is -2.36. The molecule has 0 amide bonds. The van der Waals surface area contributed by atoms with Crippen molar-refractivity contribution in [3.8, 4) is 44.5 Å². The molecule has 8 aromatic rings. The molecule has 0 aliphatic heterocycles. The average Bonchev–Trinajstić information content (AvgIpc) is 3.23. The summed E-state index contributed by atoms with van der Waals surface area (Å²) in [6, 6.07) is 65.3. The van der Waals surface area contributed by atoms with E-state index in [1.807, 2.05) is 12.1 Å². The minimum Gasteiger partial charge on any atom is -0.193 e. The zero-order valence-corrected chi connectivity index (χ0v) is 30.9. The molecule has 3 N–H and O–H groups in total. The standard InChI is InChI=1S/C50H42O3P/c51-54(52,53)45-25-27-50(28-26-45,48-33-41-23-21-39(35-13-5-1-6-14-35)29-43(41)31-46(48)37-17-9-3-10-18-37)49-34-42-24-22-40(36-15-7-2-8-16-36)30-44(42)32-47(49)38-19-11-4-12-20-38/h1-24,29-34,45,51-53H,25-28H2/q+1. The molecule has 0 radical (unpaired) electrons. The lowest BCUT2D eigenvalue weighted by Gasteiger charge is -2.43. The fourth-order valence-electron chi connectivity index (χ4n) is 8.85. The van der Waals surface area contributed by atoms with E-state index in [1.54, 1.807) is 0 Å². The third-order valence-electron chi connectivity index (χ3n) is 11.7. The molecular weight excluding hydrogens is 680 g/mol. The highest BCUT2D eigenvalue weighted by molar-refractivity contribution is 7.59. The minimum atomic E-state index is -4.02. The van der Waals surface area contributed by atoms with Crippen molar-refractivity contribution in [3.05, 3.63) is 193 Å². The van der Waals surface area contributed by atoms with E-state index in [9.17, 15) is 14.7 Å². The van der Waals surface area contributed by atoms with E-state index in [0.717, 1.165) is 21.9 Å². The number of hydrogen-bond donors (Lipinski definition) is 3. The van der Waals surface area contributed by atoms with Crippen LogP contribution < -0.4 is 0 Å². The van der Waals surface area contributed by atoms with Crippen molar-refractivity contribution in [1.82, 2.24) is 0 Å². The van der Waals surface area contributed by atoms with Crippen molar-refractivity contribution in [2.45, 2.75) is 36.8 Å². The van der Waals surface area contributed by atoms with Gasteiger partial charge in [-0.3, -0.25) is 0 Å². The lowest BCUT2D eigenvalue weighted by atomic mass is 9.61. The van der Waals surface area contributed by atoms with Crippen LogP contribution in [0.1, 0.15) is 36.8 Å². The molecule has 1 fully saturated rings. The normalized spacial score (nSPS) is 14.7. The highest BCUT2D eigenvalue weighted by Crippen LogP contribution is 2.61. The Hall–Kier alpha value is -5.41. The summed E-state index contributed by atoms with van der Waals surface area (Å²) < 4.78 is 0. The Balaban J connectivity index is 1.32. The second-order valence-electron chi connectivity index (χ2n) is 14.8. The summed E-state index contributed by atoms with van der Waals surface area (Å²) >= 11 is 0. The summed E-state index contributed by atoms with van der Waals surface area (Å²) in [4.78, 5) is 31.7. The van der Waals surface area contributed by atoms with Crippen LogP contribution in [0.15, 0.2) is 182 Å². The highest BCUT2D eigenvalue weighted by atomic mass is 31.2. The van der Waals surface area contributed by atoms with Gasteiger partial charge >= 0.3 is 7.94 Å². The second-order valence-corrected chi connectivity index (χ2v) is 16.8. The van der Waals surface area contributed by atoms with E-state index in [1.165, 1.54) is 55.3 Å². The van der Waals surface area contributed by atoms with E-state index >= 15 is 0 Å². The molecule has 9 rings (SSSR count). The molecule has 0 atom stereocenters. The molecule has 1 aliphatic rings. The predicted molar refractivity (Wildman–Crippen MR) is 226 cm³/mol. The molecule has 0 heterocycles. The molecule has 1 aliphatic carbocycles. The van der Waals surface area contributed by atoms with Crippen LogP contribution in [0.4, 0.5) is 0 Å². The summed E-state index contributed by atoms with van der Waals surface area (Å²) in [7, 11) is -4.02. The summed E-state index contributed by atoms with van der Waals surface area (Å²) in [6.07, 6.45) is 2.30. The predicted octanol–water partition coefficient (Wildman–Crippen LogP) is 12.6. The van der Waals surface area contributed by atoms with Gasteiger partial charge in [-0.05, 0) is 139 Å². The molecule has 54 heavy (non-hydrogen) atoms. The van der Waals surface area contributed by atoms with Gasteiger partial charge < -0.3 is 0 Å². The van der Waals surface area contributed by atoms with Gasteiger partial charge in [0.25, 0.3) is 0 Å². The van der Waals surface area contributed by atoms with E-state index in [2.05, 4.69) is 170 Å². The molecule has 1 saturated carbocycles. The zero-order valence-electron chi connectivity index (χ0n) is 30.0. The van der Waals surface area contributed by atoms with E-state index in [0.29, 0.717) is 25.7 Å². The maximum Gasteiger partial charge on any atom is 0.406 e. The first kappa shape index (κ1) is 34.4. The van der Waals surface area contributed by atoms with Crippen LogP contribution in [-0.2, 0) is 5.41 Å². The van der Waals surface area contributed by atoms with E-state index in [-0.39, 0.29) is 0 Å². The van der Waals surface area contributed by atoms with Crippen LogP contribution >= 0.6 is 7.94 Å². The van der Waals surface area contributed by atoms with Gasteiger partial charge in [0.05, 0.1) is 0 Å². The fraction of sp³-hybridized carbons (Fsp3) is 0.120. The van der Waals surface area contributed by atoms with Crippen molar-refractivity contribution in [2.24, 2.45) is 0 Å². The van der Waals surface area contributed by atoms with Gasteiger partial charge in [0.1, 0.15) is 0 Å². The largest absolute Gasteiger partial charge is 0.406 e. The molecule has 0 saturated heterocycles. The van der Waals surface area contributed by atoms with Gasteiger partial charge in [-0.2, -0.15) is 14.7 Å². The van der Waals surface area contributed by atoms with Gasteiger partial charge in [-0.25, -0.2) is 0 Å². The molecule has 4 heteroatoms. The van der Waals surface area contributed by atoms with Crippen LogP contribution in [0, 0.1) is 0 Å². The molecule has 0 unspecified atom stereocenters. The monoisotopic (exact) mass is 721 g/mol. The Labute approximate surface area is 317 Å². The van der Waals surface area contributed by atoms with Crippen LogP contribution in [0.3, 0.4) is 0 Å². The first-order chi connectivity index (χ1) is 26.4. The molecular formula is C50H42O3P+. The Morgan fingerprint density at radius 1 is 0.370 bits per heavy atom. The Kier molecular flexibility index (Phi) is 8.97. The number of rotatable bonds is 7. The van der Waals surface area contributed by atoms with Crippen LogP contribution in [-0.4, -0.2) is 20.3 Å². The SMILES string of the molecule is O[P+](O)(O)C1CCC(c2cc3ccc(-c4ccccc4)cc3cc2-c2ccccc2)(c2cc3ccc(-c4ccccc4)cc3cc2-c2ccccc2)CC1. The molecule has 0 aromatic heterocycles. The third kappa shape index (κ3) is 6.44. The van der Waals surface area contributed by atoms with Crippen LogP contribution in [0.5, 0.6) is 0 Å². The van der Waals surface area contributed by atoms with Gasteiger partial charge in [-0.1, -0.05) is 146 Å². The third-order valence-corrected chi connectivity index (χ3v) is 13.2. The van der Waals surface area contributed by atoms with Gasteiger partial charge in [0.15, 0.2) is 5.66 Å². The van der Waals surface area contributed by atoms with Crippen LogP contribution in [0.25, 0.3) is 66.1 Å². The molecule has 8 aromatic carbocycles. The second kappa shape index (κ2) is 14.1. The van der Waals surface area contributed by atoms with Gasteiger partial charge in [0, 0.05) is 5.41 Å². The van der Waals surface area contributed by atoms with Crippen molar-refractivity contribution in [1.29, 1.82) is 0 Å². The summed E-state index contributed by atoms with van der Waals surface area (Å²) in [5.41, 5.74) is 10.7. The van der Waals surface area contributed by atoms with Crippen molar-refractivity contribution in [3.63, 3.8) is 0 Å². The summed E-state index contributed by atoms with van der Waals surface area (Å²) in [5, 5.41) is 4.66. The van der Waals surface area contributed by atoms with Crippen LogP contribution in [0.2, 0.25) is 0 Å². The minimum absolute atomic E-state index is 0.496. The molecule has 0 bridgehead atoms. The van der Waals surface area contributed by atoms with Crippen molar-refractivity contribution < 1.29 is 14.7 Å². The first-order valence-electron chi connectivity index (χ1n) is 18.8. The number of hydrogen-bond acceptors (Lipinski definition) is 3. The first-order valence-corrected chi connectivity index (χ1v) is 20.5. The Bertz CT molecular complexity index is 2400. The average molecular weight is 722 g/mol. The topological polar surface area (TPSA) is 60.7 Å². The maximum atomic E-state index is 10.6.